The van der Waals surface area contributed by atoms with Crippen molar-refractivity contribution in [2.24, 2.45) is 0 Å². The second kappa shape index (κ2) is 9.86. The standard InChI is InChI=1S/C42H28N2/c1-4-14-29(15-5-1)31-26-32(30-16-6-2-7-17-30)28-34(27-31)44-38-23-13-11-21-36(38)42-40(44)25-24-39-41(42)35-20-10-12-22-37(35)43(39)33-18-8-3-9-19-33/h1-28H. The number of fused-ring (bicyclic) bond motifs is 7. The first-order valence-corrected chi connectivity index (χ1v) is 15.1. The molecule has 44 heavy (non-hydrogen) atoms. The van der Waals surface area contributed by atoms with Crippen LogP contribution in [0.5, 0.6) is 0 Å². The van der Waals surface area contributed by atoms with Crippen molar-refractivity contribution in [3.05, 3.63) is 170 Å². The Morgan fingerprint density at radius 2 is 0.682 bits per heavy atom. The molecule has 0 N–H and O–H groups in total. The van der Waals surface area contributed by atoms with Crippen molar-refractivity contribution in [1.29, 1.82) is 0 Å². The number of nitrogens with zero attached hydrogens (tertiary/aromatic N) is 2. The Bertz CT molecular complexity index is 2410. The van der Waals surface area contributed by atoms with Crippen LogP contribution in [0.15, 0.2) is 170 Å². The van der Waals surface area contributed by atoms with Crippen LogP contribution in [0, 0.1) is 0 Å². The molecule has 0 atom stereocenters. The summed E-state index contributed by atoms with van der Waals surface area (Å²) in [5.41, 5.74) is 12.0. The van der Waals surface area contributed by atoms with Crippen LogP contribution >= 0.6 is 0 Å². The highest BCUT2D eigenvalue weighted by molar-refractivity contribution is 6.28. The fraction of sp³-hybridized carbons (Fsp3) is 0. The molecule has 2 aromatic heterocycles. The summed E-state index contributed by atoms with van der Waals surface area (Å²) in [7, 11) is 0. The molecule has 0 radical (unpaired) electrons. The molecule has 2 heterocycles. The van der Waals surface area contributed by atoms with Gasteiger partial charge in [0.1, 0.15) is 0 Å². The molecule has 206 valence electrons. The molecule has 9 aromatic rings. The van der Waals surface area contributed by atoms with Crippen molar-refractivity contribution >= 4 is 43.6 Å². The van der Waals surface area contributed by atoms with Gasteiger partial charge in [0, 0.05) is 32.9 Å². The van der Waals surface area contributed by atoms with Gasteiger partial charge in [-0.05, 0) is 76.9 Å². The van der Waals surface area contributed by atoms with Crippen LogP contribution in [0.3, 0.4) is 0 Å². The molecule has 0 aliphatic heterocycles. The largest absolute Gasteiger partial charge is 0.309 e. The molecular weight excluding hydrogens is 532 g/mol. The van der Waals surface area contributed by atoms with Crippen LogP contribution in [0.4, 0.5) is 0 Å². The minimum absolute atomic E-state index is 1.16. The first-order chi connectivity index (χ1) is 21.8. The molecule has 0 bridgehead atoms. The summed E-state index contributed by atoms with van der Waals surface area (Å²) in [5, 5.41) is 5.10. The van der Waals surface area contributed by atoms with E-state index in [2.05, 4.69) is 179 Å². The summed E-state index contributed by atoms with van der Waals surface area (Å²) in [6.07, 6.45) is 0. The van der Waals surface area contributed by atoms with E-state index in [4.69, 9.17) is 0 Å². The van der Waals surface area contributed by atoms with E-state index in [-0.39, 0.29) is 0 Å². The monoisotopic (exact) mass is 560 g/mol. The van der Waals surface area contributed by atoms with Gasteiger partial charge in [-0.15, -0.1) is 0 Å². The molecule has 0 unspecified atom stereocenters. The van der Waals surface area contributed by atoms with Gasteiger partial charge in [-0.25, -0.2) is 0 Å². The van der Waals surface area contributed by atoms with E-state index in [0.29, 0.717) is 0 Å². The van der Waals surface area contributed by atoms with Gasteiger partial charge in [0.25, 0.3) is 0 Å². The molecule has 2 heteroatoms. The summed E-state index contributed by atoms with van der Waals surface area (Å²) in [4.78, 5) is 0. The zero-order valence-corrected chi connectivity index (χ0v) is 24.1. The molecule has 0 spiro atoms. The number of aromatic nitrogens is 2. The van der Waals surface area contributed by atoms with E-state index in [1.807, 2.05) is 0 Å². The van der Waals surface area contributed by atoms with E-state index in [1.165, 1.54) is 71.6 Å². The third-order valence-electron chi connectivity index (χ3n) is 8.88. The summed E-state index contributed by atoms with van der Waals surface area (Å²) in [6, 6.07) is 61.4. The quantitative estimate of drug-likeness (QED) is 0.203. The molecule has 0 aliphatic rings. The van der Waals surface area contributed by atoms with Gasteiger partial charge in [0.2, 0.25) is 0 Å². The van der Waals surface area contributed by atoms with Crippen molar-refractivity contribution in [2.45, 2.75) is 0 Å². The molecule has 9 rings (SSSR count). The molecule has 0 amide bonds. The van der Waals surface area contributed by atoms with E-state index in [0.717, 1.165) is 5.69 Å². The number of hydrogen-bond donors (Lipinski definition) is 0. The third kappa shape index (κ3) is 3.75. The fourth-order valence-corrected chi connectivity index (χ4v) is 6.99. The van der Waals surface area contributed by atoms with Crippen molar-refractivity contribution in [2.75, 3.05) is 0 Å². The molecule has 0 aliphatic carbocycles. The van der Waals surface area contributed by atoms with Gasteiger partial charge >= 0.3 is 0 Å². The average molecular weight is 561 g/mol. The summed E-state index contributed by atoms with van der Waals surface area (Å²) in [5.74, 6) is 0. The first-order valence-electron chi connectivity index (χ1n) is 15.1. The minimum Gasteiger partial charge on any atom is -0.309 e. The zero-order valence-electron chi connectivity index (χ0n) is 24.1. The maximum atomic E-state index is 2.46. The van der Waals surface area contributed by atoms with E-state index < -0.39 is 0 Å². The van der Waals surface area contributed by atoms with E-state index in [9.17, 15) is 0 Å². The van der Waals surface area contributed by atoms with Crippen LogP contribution in [-0.4, -0.2) is 9.13 Å². The van der Waals surface area contributed by atoms with Crippen molar-refractivity contribution < 1.29 is 0 Å². The Kier molecular flexibility index (Phi) is 5.54. The lowest BCUT2D eigenvalue weighted by Crippen LogP contribution is -1.96. The Hall–Kier alpha value is -5.86. The molecule has 0 saturated heterocycles. The molecule has 0 saturated carbocycles. The van der Waals surface area contributed by atoms with Crippen molar-refractivity contribution in [3.63, 3.8) is 0 Å². The van der Waals surface area contributed by atoms with Gasteiger partial charge in [-0.1, -0.05) is 115 Å². The van der Waals surface area contributed by atoms with E-state index >= 15 is 0 Å². The number of para-hydroxylation sites is 3. The molecule has 2 nitrogen and oxygen atoms in total. The maximum Gasteiger partial charge on any atom is 0.0548 e. The normalized spacial score (nSPS) is 11.6. The molecule has 0 fully saturated rings. The van der Waals surface area contributed by atoms with Crippen LogP contribution in [-0.2, 0) is 0 Å². The predicted octanol–water partition coefficient (Wildman–Crippen LogP) is 11.2. The lowest BCUT2D eigenvalue weighted by Gasteiger charge is -2.14. The second-order valence-corrected chi connectivity index (χ2v) is 11.4. The average Bonchev–Trinajstić information content (AvgIpc) is 3.62. The summed E-state index contributed by atoms with van der Waals surface area (Å²) in [6.45, 7) is 0. The van der Waals surface area contributed by atoms with Crippen LogP contribution in [0.2, 0.25) is 0 Å². The molecular formula is C42H28N2. The highest BCUT2D eigenvalue weighted by Crippen LogP contribution is 2.43. The smallest absolute Gasteiger partial charge is 0.0548 e. The van der Waals surface area contributed by atoms with Crippen LogP contribution in [0.25, 0.3) is 77.2 Å². The minimum atomic E-state index is 1.16. The number of benzene rings is 7. The topological polar surface area (TPSA) is 9.86 Å². The Labute approximate surface area is 255 Å². The first kappa shape index (κ1) is 24.7. The lowest BCUT2D eigenvalue weighted by atomic mass is 9.98. The van der Waals surface area contributed by atoms with Crippen molar-refractivity contribution in [3.8, 4) is 33.6 Å². The highest BCUT2D eigenvalue weighted by Gasteiger charge is 2.20. The fourth-order valence-electron chi connectivity index (χ4n) is 6.99. The zero-order chi connectivity index (χ0) is 29.0. The number of hydrogen-bond acceptors (Lipinski definition) is 0. The van der Waals surface area contributed by atoms with Gasteiger partial charge in [-0.3, -0.25) is 0 Å². The van der Waals surface area contributed by atoms with E-state index in [1.54, 1.807) is 0 Å². The maximum absolute atomic E-state index is 2.46. The Morgan fingerprint density at radius 3 is 1.18 bits per heavy atom. The predicted molar refractivity (Wildman–Crippen MR) is 186 cm³/mol. The Morgan fingerprint density at radius 1 is 0.273 bits per heavy atom. The lowest BCUT2D eigenvalue weighted by molar-refractivity contribution is 1.17. The number of rotatable bonds is 4. The van der Waals surface area contributed by atoms with Gasteiger partial charge in [-0.2, -0.15) is 0 Å². The Balaban J connectivity index is 1.41. The van der Waals surface area contributed by atoms with Gasteiger partial charge < -0.3 is 9.13 Å². The van der Waals surface area contributed by atoms with Crippen molar-refractivity contribution in [1.82, 2.24) is 9.13 Å². The van der Waals surface area contributed by atoms with Crippen LogP contribution < -0.4 is 0 Å². The summed E-state index contributed by atoms with van der Waals surface area (Å²) < 4.78 is 4.86. The highest BCUT2D eigenvalue weighted by atomic mass is 15.0. The second-order valence-electron chi connectivity index (χ2n) is 11.4. The third-order valence-corrected chi connectivity index (χ3v) is 8.88. The SMILES string of the molecule is c1ccc(-c2cc(-c3ccccc3)cc(-n3c4ccccc4c4c5c6ccccc6n(-c6ccccc6)c5ccc43)c2)cc1. The van der Waals surface area contributed by atoms with Gasteiger partial charge in [0.05, 0.1) is 22.1 Å². The van der Waals surface area contributed by atoms with Crippen LogP contribution in [0.1, 0.15) is 0 Å². The summed E-state index contributed by atoms with van der Waals surface area (Å²) >= 11 is 0. The molecule has 7 aromatic carbocycles. The van der Waals surface area contributed by atoms with Gasteiger partial charge in [0.15, 0.2) is 0 Å².